The van der Waals surface area contributed by atoms with Gasteiger partial charge < -0.3 is 29.4 Å². The average molecular weight is 269 g/mol. The maximum absolute atomic E-state index is 8.56. The minimum Gasteiger partial charge on any atom is -0.493 e. The van der Waals surface area contributed by atoms with Gasteiger partial charge in [-0.3, -0.25) is 0 Å². The predicted molar refractivity (Wildman–Crippen MR) is 68.7 cm³/mol. The predicted octanol–water partition coefficient (Wildman–Crippen LogP) is 0.522. The van der Waals surface area contributed by atoms with Crippen LogP contribution in [-0.2, 0) is 11.3 Å². The van der Waals surface area contributed by atoms with Crippen LogP contribution in [0.1, 0.15) is 5.56 Å². The molecule has 0 saturated heterocycles. The van der Waals surface area contributed by atoms with Crippen LogP contribution < -0.4 is 19.5 Å². The highest BCUT2D eigenvalue weighted by Gasteiger charge is 2.19. The molecule has 0 aliphatic carbocycles. The second-order valence-electron chi connectivity index (χ2n) is 4.04. The summed E-state index contributed by atoms with van der Waals surface area (Å²) >= 11 is 0. The molecule has 0 atom stereocenters. The zero-order valence-corrected chi connectivity index (χ0v) is 11.0. The van der Waals surface area contributed by atoms with Gasteiger partial charge >= 0.3 is 0 Å². The van der Waals surface area contributed by atoms with E-state index in [1.807, 2.05) is 12.1 Å². The van der Waals surface area contributed by atoms with E-state index < -0.39 is 0 Å². The van der Waals surface area contributed by atoms with Crippen LogP contribution in [0.25, 0.3) is 0 Å². The number of rotatable bonds is 8. The van der Waals surface area contributed by atoms with Crippen molar-refractivity contribution in [2.24, 2.45) is 0 Å². The van der Waals surface area contributed by atoms with Gasteiger partial charge in [-0.05, 0) is 17.7 Å². The first-order valence-electron chi connectivity index (χ1n) is 6.21. The summed E-state index contributed by atoms with van der Waals surface area (Å²) in [4.78, 5) is 0. The third kappa shape index (κ3) is 3.73. The highest BCUT2D eigenvalue weighted by atomic mass is 16.7. The zero-order chi connectivity index (χ0) is 13.5. The highest BCUT2D eigenvalue weighted by Crippen LogP contribution is 2.41. The molecule has 0 bridgehead atoms. The molecule has 1 aliphatic rings. The Bertz CT molecular complexity index is 410. The summed E-state index contributed by atoms with van der Waals surface area (Å²) < 4.78 is 21.1. The van der Waals surface area contributed by atoms with Gasteiger partial charge in [-0.15, -0.1) is 0 Å². The Morgan fingerprint density at radius 2 is 2.21 bits per heavy atom. The second kappa shape index (κ2) is 7.18. The van der Waals surface area contributed by atoms with Crippen molar-refractivity contribution in [1.82, 2.24) is 5.32 Å². The summed E-state index contributed by atoms with van der Waals surface area (Å²) in [6, 6.07) is 3.86. The van der Waals surface area contributed by atoms with E-state index >= 15 is 0 Å². The van der Waals surface area contributed by atoms with Crippen molar-refractivity contribution in [3.8, 4) is 17.2 Å². The Morgan fingerprint density at radius 1 is 1.32 bits per heavy atom. The molecule has 19 heavy (non-hydrogen) atoms. The smallest absolute Gasteiger partial charge is 0.231 e. The van der Waals surface area contributed by atoms with Gasteiger partial charge in [0.2, 0.25) is 12.5 Å². The lowest BCUT2D eigenvalue weighted by molar-refractivity contribution is 0.0938. The van der Waals surface area contributed by atoms with Crippen molar-refractivity contribution in [3.05, 3.63) is 17.7 Å². The first-order chi connectivity index (χ1) is 9.35. The summed E-state index contributed by atoms with van der Waals surface area (Å²) in [5, 5.41) is 11.8. The summed E-state index contributed by atoms with van der Waals surface area (Å²) in [5.41, 5.74) is 1.06. The van der Waals surface area contributed by atoms with Crippen molar-refractivity contribution in [3.63, 3.8) is 0 Å². The van der Waals surface area contributed by atoms with Crippen LogP contribution in [0.2, 0.25) is 0 Å². The van der Waals surface area contributed by atoms with E-state index in [1.165, 1.54) is 0 Å². The Kier molecular flexibility index (Phi) is 5.26. The standard InChI is InChI=1S/C13H19NO5/c1-16-11-6-10(7-12-13(11)19-9-18-12)8-14-2-4-17-5-3-15/h6-7,14-15H,2-5,8-9H2,1H3. The summed E-state index contributed by atoms with van der Waals surface area (Å²) in [5.74, 6) is 2.06. The van der Waals surface area contributed by atoms with Gasteiger partial charge in [-0.1, -0.05) is 0 Å². The van der Waals surface area contributed by atoms with Gasteiger partial charge in [-0.2, -0.15) is 0 Å². The summed E-state index contributed by atoms with van der Waals surface area (Å²) in [6.45, 7) is 2.64. The minimum absolute atomic E-state index is 0.0549. The lowest BCUT2D eigenvalue weighted by Gasteiger charge is -2.09. The van der Waals surface area contributed by atoms with Crippen molar-refractivity contribution in [2.75, 3.05) is 40.3 Å². The number of hydrogen-bond donors (Lipinski definition) is 2. The van der Waals surface area contributed by atoms with Gasteiger partial charge in [-0.25, -0.2) is 0 Å². The normalized spacial score (nSPS) is 12.7. The van der Waals surface area contributed by atoms with Crippen LogP contribution in [0, 0.1) is 0 Å². The number of aliphatic hydroxyl groups excluding tert-OH is 1. The molecule has 2 N–H and O–H groups in total. The first kappa shape index (κ1) is 13.9. The van der Waals surface area contributed by atoms with E-state index in [4.69, 9.17) is 24.1 Å². The summed E-state index contributed by atoms with van der Waals surface area (Å²) in [7, 11) is 1.61. The van der Waals surface area contributed by atoms with Crippen molar-refractivity contribution in [2.45, 2.75) is 6.54 Å². The fraction of sp³-hybridized carbons (Fsp3) is 0.538. The van der Waals surface area contributed by atoms with E-state index in [0.29, 0.717) is 37.0 Å². The van der Waals surface area contributed by atoms with E-state index in [1.54, 1.807) is 7.11 Å². The van der Waals surface area contributed by atoms with Crippen molar-refractivity contribution >= 4 is 0 Å². The number of aliphatic hydroxyl groups is 1. The SMILES string of the molecule is COc1cc(CNCCOCCO)cc2c1OCO2. The molecule has 0 unspecified atom stereocenters. The van der Waals surface area contributed by atoms with Gasteiger partial charge in [0.05, 0.1) is 26.9 Å². The molecule has 0 aromatic heterocycles. The maximum atomic E-state index is 8.56. The van der Waals surface area contributed by atoms with Crippen LogP contribution >= 0.6 is 0 Å². The number of methoxy groups -OCH3 is 1. The van der Waals surface area contributed by atoms with Gasteiger partial charge in [0.15, 0.2) is 11.5 Å². The molecule has 1 aromatic carbocycles. The minimum atomic E-state index is 0.0549. The Hall–Kier alpha value is -1.50. The first-order valence-corrected chi connectivity index (χ1v) is 6.21. The van der Waals surface area contributed by atoms with Crippen LogP contribution in [-0.4, -0.2) is 45.4 Å². The van der Waals surface area contributed by atoms with Crippen LogP contribution in [0.3, 0.4) is 0 Å². The Morgan fingerprint density at radius 3 is 3.00 bits per heavy atom. The molecule has 1 aliphatic heterocycles. The van der Waals surface area contributed by atoms with E-state index in [0.717, 1.165) is 12.1 Å². The molecule has 6 nitrogen and oxygen atoms in total. The summed E-state index contributed by atoms with van der Waals surface area (Å²) in [6.07, 6.45) is 0. The molecule has 1 aromatic rings. The fourth-order valence-electron chi connectivity index (χ4n) is 1.83. The number of hydrogen-bond acceptors (Lipinski definition) is 6. The zero-order valence-electron chi connectivity index (χ0n) is 11.0. The number of fused-ring (bicyclic) bond motifs is 1. The highest BCUT2D eigenvalue weighted by molar-refractivity contribution is 5.55. The monoisotopic (exact) mass is 269 g/mol. The van der Waals surface area contributed by atoms with Crippen LogP contribution in [0.4, 0.5) is 0 Å². The number of benzene rings is 1. The third-order valence-corrected chi connectivity index (χ3v) is 2.71. The Labute approximate surface area is 112 Å². The molecular weight excluding hydrogens is 250 g/mol. The molecule has 6 heteroatoms. The molecule has 0 fully saturated rings. The van der Waals surface area contributed by atoms with Gasteiger partial charge in [0.1, 0.15) is 0 Å². The van der Waals surface area contributed by atoms with Crippen molar-refractivity contribution in [1.29, 1.82) is 0 Å². The lowest BCUT2D eigenvalue weighted by atomic mass is 10.2. The van der Waals surface area contributed by atoms with E-state index in [-0.39, 0.29) is 13.4 Å². The quantitative estimate of drug-likeness (QED) is 0.671. The Balaban J connectivity index is 1.84. The largest absolute Gasteiger partial charge is 0.493 e. The molecular formula is C13H19NO5. The van der Waals surface area contributed by atoms with Gasteiger partial charge in [0.25, 0.3) is 0 Å². The van der Waals surface area contributed by atoms with E-state index in [2.05, 4.69) is 5.32 Å². The molecule has 2 rings (SSSR count). The number of nitrogens with one attached hydrogen (secondary N) is 1. The molecule has 0 saturated carbocycles. The second-order valence-corrected chi connectivity index (χ2v) is 4.04. The van der Waals surface area contributed by atoms with Gasteiger partial charge in [0, 0.05) is 13.1 Å². The fourth-order valence-corrected chi connectivity index (χ4v) is 1.83. The van der Waals surface area contributed by atoms with Crippen molar-refractivity contribution < 1.29 is 24.1 Å². The average Bonchev–Trinajstić information content (AvgIpc) is 2.90. The lowest BCUT2D eigenvalue weighted by Crippen LogP contribution is -2.20. The molecule has 0 spiro atoms. The number of ether oxygens (including phenoxy) is 4. The topological polar surface area (TPSA) is 69.2 Å². The van der Waals surface area contributed by atoms with Crippen LogP contribution in [0.5, 0.6) is 17.2 Å². The van der Waals surface area contributed by atoms with E-state index in [9.17, 15) is 0 Å². The molecule has 0 radical (unpaired) electrons. The van der Waals surface area contributed by atoms with Crippen LogP contribution in [0.15, 0.2) is 12.1 Å². The maximum Gasteiger partial charge on any atom is 0.231 e. The molecule has 106 valence electrons. The third-order valence-electron chi connectivity index (χ3n) is 2.71. The molecule has 1 heterocycles. The molecule has 0 amide bonds.